The number of alkyl halides is 2. The lowest BCUT2D eigenvalue weighted by atomic mass is 10.1. The van der Waals surface area contributed by atoms with Crippen molar-refractivity contribution in [3.63, 3.8) is 0 Å². The SMILES string of the molecule is OCCc1ccc(C(F)F)c(F)c1. The first-order chi connectivity index (χ1) is 6.15. The lowest BCUT2D eigenvalue weighted by Crippen LogP contribution is -1.95. The summed E-state index contributed by atoms with van der Waals surface area (Å²) < 4.78 is 37.0. The van der Waals surface area contributed by atoms with Gasteiger partial charge in [0.2, 0.25) is 0 Å². The van der Waals surface area contributed by atoms with E-state index >= 15 is 0 Å². The molecule has 1 aromatic carbocycles. The van der Waals surface area contributed by atoms with Gasteiger partial charge in [-0.3, -0.25) is 0 Å². The summed E-state index contributed by atoms with van der Waals surface area (Å²) in [5, 5.41) is 8.52. The van der Waals surface area contributed by atoms with E-state index in [2.05, 4.69) is 0 Å². The second-order valence-electron chi connectivity index (χ2n) is 2.63. The maximum Gasteiger partial charge on any atom is 0.266 e. The van der Waals surface area contributed by atoms with E-state index in [0.717, 1.165) is 12.1 Å². The molecule has 13 heavy (non-hydrogen) atoms. The molecular formula is C9H9F3O. The predicted octanol–water partition coefficient (Wildman–Crippen LogP) is 2.30. The lowest BCUT2D eigenvalue weighted by Gasteiger charge is -2.03. The van der Waals surface area contributed by atoms with Crippen LogP contribution in [0.5, 0.6) is 0 Å². The number of hydrogen-bond acceptors (Lipinski definition) is 1. The van der Waals surface area contributed by atoms with Crippen LogP contribution >= 0.6 is 0 Å². The van der Waals surface area contributed by atoms with Crippen molar-refractivity contribution in [3.05, 3.63) is 35.1 Å². The second-order valence-corrected chi connectivity index (χ2v) is 2.63. The van der Waals surface area contributed by atoms with Crippen LogP contribution in [0, 0.1) is 5.82 Å². The maximum atomic E-state index is 12.9. The Bertz CT molecular complexity index is 286. The van der Waals surface area contributed by atoms with Gasteiger partial charge in [-0.2, -0.15) is 0 Å². The summed E-state index contributed by atoms with van der Waals surface area (Å²) in [6, 6.07) is 3.46. The van der Waals surface area contributed by atoms with Crippen molar-refractivity contribution in [2.45, 2.75) is 12.8 Å². The van der Waals surface area contributed by atoms with Crippen LogP contribution in [0.2, 0.25) is 0 Å². The van der Waals surface area contributed by atoms with Crippen molar-refractivity contribution in [1.82, 2.24) is 0 Å². The van der Waals surface area contributed by atoms with Crippen LogP contribution in [0.4, 0.5) is 13.2 Å². The minimum Gasteiger partial charge on any atom is -0.396 e. The highest BCUT2D eigenvalue weighted by atomic mass is 19.3. The lowest BCUT2D eigenvalue weighted by molar-refractivity contribution is 0.146. The largest absolute Gasteiger partial charge is 0.396 e. The first kappa shape index (κ1) is 10.1. The van der Waals surface area contributed by atoms with E-state index in [0.29, 0.717) is 5.56 Å². The van der Waals surface area contributed by atoms with E-state index < -0.39 is 17.8 Å². The van der Waals surface area contributed by atoms with Crippen LogP contribution in [0.1, 0.15) is 17.6 Å². The third-order valence-electron chi connectivity index (χ3n) is 1.70. The monoisotopic (exact) mass is 190 g/mol. The zero-order valence-corrected chi connectivity index (χ0v) is 6.80. The molecule has 0 unspecified atom stereocenters. The van der Waals surface area contributed by atoms with Gasteiger partial charge in [-0.1, -0.05) is 12.1 Å². The van der Waals surface area contributed by atoms with E-state index in [1.54, 1.807) is 0 Å². The van der Waals surface area contributed by atoms with Crippen molar-refractivity contribution in [2.24, 2.45) is 0 Å². The molecular weight excluding hydrogens is 181 g/mol. The Morgan fingerprint density at radius 2 is 2.00 bits per heavy atom. The predicted molar refractivity (Wildman–Crippen MR) is 42.1 cm³/mol. The van der Waals surface area contributed by atoms with Crippen molar-refractivity contribution in [3.8, 4) is 0 Å². The Hall–Kier alpha value is -1.03. The summed E-state index contributed by atoms with van der Waals surface area (Å²) in [5.74, 6) is -0.916. The van der Waals surface area contributed by atoms with Crippen LogP contribution in [0.25, 0.3) is 0 Å². The molecule has 0 atom stereocenters. The highest BCUT2D eigenvalue weighted by molar-refractivity contribution is 5.25. The standard InChI is InChI=1S/C9H9F3O/c10-8-5-6(3-4-13)1-2-7(8)9(11)12/h1-2,5,9,13H,3-4H2. The molecule has 0 aliphatic rings. The van der Waals surface area contributed by atoms with Gasteiger partial charge in [0.15, 0.2) is 0 Å². The van der Waals surface area contributed by atoms with Gasteiger partial charge >= 0.3 is 0 Å². The number of hydrogen-bond donors (Lipinski definition) is 1. The number of aliphatic hydroxyl groups excluding tert-OH is 1. The summed E-state index contributed by atoms with van der Waals surface area (Å²) in [6.45, 7) is -0.118. The molecule has 4 heteroatoms. The van der Waals surface area contributed by atoms with Crippen molar-refractivity contribution in [2.75, 3.05) is 6.61 Å². The Labute approximate surface area is 73.8 Å². The van der Waals surface area contributed by atoms with Crippen LogP contribution < -0.4 is 0 Å². The van der Waals surface area contributed by atoms with Crippen LogP contribution in [0.15, 0.2) is 18.2 Å². The maximum absolute atomic E-state index is 12.9. The van der Waals surface area contributed by atoms with Crippen molar-refractivity contribution < 1.29 is 18.3 Å². The molecule has 1 nitrogen and oxygen atoms in total. The number of aliphatic hydroxyl groups is 1. The van der Waals surface area contributed by atoms with Gasteiger partial charge in [0.1, 0.15) is 5.82 Å². The van der Waals surface area contributed by atoms with Gasteiger partial charge in [-0.25, -0.2) is 13.2 Å². The zero-order valence-electron chi connectivity index (χ0n) is 6.80. The first-order valence-electron chi connectivity index (χ1n) is 3.82. The fourth-order valence-electron chi connectivity index (χ4n) is 1.03. The molecule has 1 aromatic rings. The fraction of sp³-hybridized carbons (Fsp3) is 0.333. The molecule has 0 heterocycles. The summed E-state index contributed by atoms with van der Waals surface area (Å²) in [7, 11) is 0. The molecule has 0 radical (unpaired) electrons. The smallest absolute Gasteiger partial charge is 0.266 e. The average molecular weight is 190 g/mol. The minimum absolute atomic E-state index is 0.118. The van der Waals surface area contributed by atoms with Gasteiger partial charge < -0.3 is 5.11 Å². The molecule has 0 fully saturated rings. The van der Waals surface area contributed by atoms with E-state index in [9.17, 15) is 13.2 Å². The van der Waals surface area contributed by atoms with Crippen molar-refractivity contribution >= 4 is 0 Å². The van der Waals surface area contributed by atoms with Gasteiger partial charge in [-0.05, 0) is 18.1 Å². The summed E-state index contributed by atoms with van der Waals surface area (Å²) in [6.07, 6.45) is -2.51. The third kappa shape index (κ3) is 2.45. The van der Waals surface area contributed by atoms with Gasteiger partial charge in [-0.15, -0.1) is 0 Å². The molecule has 0 aromatic heterocycles. The Balaban J connectivity index is 2.92. The number of benzene rings is 1. The van der Waals surface area contributed by atoms with Gasteiger partial charge in [0.25, 0.3) is 6.43 Å². The van der Waals surface area contributed by atoms with Crippen LogP contribution in [-0.2, 0) is 6.42 Å². The summed E-state index contributed by atoms with van der Waals surface area (Å²) in [5.41, 5.74) is -0.0777. The van der Waals surface area contributed by atoms with E-state index in [1.807, 2.05) is 0 Å². The topological polar surface area (TPSA) is 20.2 Å². The molecule has 0 amide bonds. The normalized spacial score (nSPS) is 10.8. The minimum atomic E-state index is -2.79. The van der Waals surface area contributed by atoms with E-state index in [1.165, 1.54) is 6.07 Å². The third-order valence-corrected chi connectivity index (χ3v) is 1.70. The molecule has 0 aliphatic carbocycles. The van der Waals surface area contributed by atoms with Crippen LogP contribution in [-0.4, -0.2) is 11.7 Å². The molecule has 0 saturated heterocycles. The average Bonchev–Trinajstić information content (AvgIpc) is 2.04. The zero-order chi connectivity index (χ0) is 9.84. The van der Waals surface area contributed by atoms with E-state index in [-0.39, 0.29) is 13.0 Å². The van der Waals surface area contributed by atoms with E-state index in [4.69, 9.17) is 5.11 Å². The van der Waals surface area contributed by atoms with Gasteiger partial charge in [0.05, 0.1) is 5.56 Å². The highest BCUT2D eigenvalue weighted by Gasteiger charge is 2.12. The molecule has 0 saturated carbocycles. The molecule has 72 valence electrons. The quantitative estimate of drug-likeness (QED) is 0.775. The molecule has 0 bridgehead atoms. The summed E-state index contributed by atoms with van der Waals surface area (Å²) >= 11 is 0. The highest BCUT2D eigenvalue weighted by Crippen LogP contribution is 2.22. The van der Waals surface area contributed by atoms with Crippen LogP contribution in [0.3, 0.4) is 0 Å². The second kappa shape index (κ2) is 4.28. The molecule has 1 rings (SSSR count). The Kier molecular flexibility index (Phi) is 3.31. The number of halogens is 3. The molecule has 0 spiro atoms. The Morgan fingerprint density at radius 3 is 2.46 bits per heavy atom. The summed E-state index contributed by atoms with van der Waals surface area (Å²) in [4.78, 5) is 0. The van der Waals surface area contributed by atoms with Gasteiger partial charge in [0, 0.05) is 6.61 Å². The molecule has 0 aliphatic heterocycles. The molecule has 1 N–H and O–H groups in total. The Morgan fingerprint density at radius 1 is 1.31 bits per heavy atom. The van der Waals surface area contributed by atoms with Crippen molar-refractivity contribution in [1.29, 1.82) is 0 Å². The first-order valence-corrected chi connectivity index (χ1v) is 3.82. The fourth-order valence-corrected chi connectivity index (χ4v) is 1.03. The number of rotatable bonds is 3.